The average Bonchev–Trinajstić information content (AvgIpc) is 2.92. The fraction of sp³-hybridized carbons (Fsp3) is 0.375. The lowest BCUT2D eigenvalue weighted by Gasteiger charge is -2.10. The molecule has 0 aromatic heterocycles. The van der Waals surface area contributed by atoms with Crippen LogP contribution in [0.15, 0.2) is 30.4 Å². The number of benzene rings is 1. The minimum absolute atomic E-state index is 0.243. The van der Waals surface area contributed by atoms with Crippen LogP contribution in [0.4, 0.5) is 5.69 Å². The van der Waals surface area contributed by atoms with E-state index in [2.05, 4.69) is 11.4 Å². The summed E-state index contributed by atoms with van der Waals surface area (Å²) < 4.78 is 4.97. The molecule has 1 amide bonds. The molecule has 1 atom stereocenters. The van der Waals surface area contributed by atoms with Gasteiger partial charge in [0.15, 0.2) is 6.61 Å². The Balaban J connectivity index is 1.76. The van der Waals surface area contributed by atoms with Crippen LogP contribution in [0, 0.1) is 12.8 Å². The molecule has 1 aliphatic rings. The molecule has 1 aromatic rings. The summed E-state index contributed by atoms with van der Waals surface area (Å²) in [6, 6.07) is 5.33. The molecule has 0 saturated carbocycles. The molecule has 0 aliphatic heterocycles. The van der Waals surface area contributed by atoms with Gasteiger partial charge in [0.25, 0.3) is 5.91 Å². The number of hydrogen-bond acceptors (Lipinski definition) is 3. The second-order valence-corrected chi connectivity index (χ2v) is 5.57. The highest BCUT2D eigenvalue weighted by atomic mass is 35.5. The Morgan fingerprint density at radius 1 is 1.43 bits per heavy atom. The van der Waals surface area contributed by atoms with Crippen LogP contribution >= 0.6 is 11.6 Å². The van der Waals surface area contributed by atoms with Gasteiger partial charge >= 0.3 is 5.97 Å². The van der Waals surface area contributed by atoms with E-state index in [1.807, 2.05) is 19.1 Å². The van der Waals surface area contributed by atoms with Crippen LogP contribution in [-0.4, -0.2) is 18.5 Å². The highest BCUT2D eigenvalue weighted by Crippen LogP contribution is 2.23. The summed E-state index contributed by atoms with van der Waals surface area (Å²) in [5, 5.41) is 3.09. The molecule has 1 N–H and O–H groups in total. The van der Waals surface area contributed by atoms with Crippen LogP contribution in [0.5, 0.6) is 0 Å². The van der Waals surface area contributed by atoms with Crippen molar-refractivity contribution in [3.63, 3.8) is 0 Å². The standard InChI is InChI=1S/C16H18ClNO3/c1-11-6-7-14(13(17)8-11)18-15(19)10-21-16(20)9-12-4-2-3-5-12/h2,4,6-8,12H,3,5,9-10H2,1H3,(H,18,19)/t12-/m1/s1. The number of anilines is 1. The molecular formula is C16H18ClNO3. The van der Waals surface area contributed by atoms with Crippen molar-refractivity contribution >= 4 is 29.2 Å². The summed E-state index contributed by atoms with van der Waals surface area (Å²) in [4.78, 5) is 23.3. The molecule has 0 fully saturated rings. The highest BCUT2D eigenvalue weighted by molar-refractivity contribution is 6.33. The molecule has 0 radical (unpaired) electrons. The molecule has 0 unspecified atom stereocenters. The monoisotopic (exact) mass is 307 g/mol. The first-order valence-electron chi connectivity index (χ1n) is 6.93. The topological polar surface area (TPSA) is 55.4 Å². The second kappa shape index (κ2) is 7.27. The minimum atomic E-state index is -0.393. The van der Waals surface area contributed by atoms with E-state index < -0.39 is 5.91 Å². The Hall–Kier alpha value is -1.81. The second-order valence-electron chi connectivity index (χ2n) is 5.16. The maximum Gasteiger partial charge on any atom is 0.306 e. The lowest BCUT2D eigenvalue weighted by molar-refractivity contribution is -0.147. The van der Waals surface area contributed by atoms with E-state index in [4.69, 9.17) is 16.3 Å². The summed E-state index contributed by atoms with van der Waals surface area (Å²) in [6.45, 7) is 1.62. The lowest BCUT2D eigenvalue weighted by Crippen LogP contribution is -2.21. The van der Waals surface area contributed by atoms with Gasteiger partial charge in [-0.25, -0.2) is 0 Å². The van der Waals surface area contributed by atoms with Crippen molar-refractivity contribution < 1.29 is 14.3 Å². The predicted octanol–water partition coefficient (Wildman–Crippen LogP) is 3.49. The zero-order valence-electron chi connectivity index (χ0n) is 11.9. The van der Waals surface area contributed by atoms with E-state index in [1.165, 1.54) is 0 Å². The third-order valence-corrected chi connectivity index (χ3v) is 3.62. The first-order chi connectivity index (χ1) is 10.0. The van der Waals surface area contributed by atoms with Crippen molar-refractivity contribution in [2.75, 3.05) is 11.9 Å². The molecule has 1 aliphatic carbocycles. The number of allylic oxidation sites excluding steroid dienone is 2. The lowest BCUT2D eigenvalue weighted by atomic mass is 10.1. The highest BCUT2D eigenvalue weighted by Gasteiger charge is 2.16. The number of amides is 1. The number of rotatable bonds is 5. The zero-order chi connectivity index (χ0) is 15.2. The largest absolute Gasteiger partial charge is 0.456 e. The van der Waals surface area contributed by atoms with Crippen molar-refractivity contribution in [1.82, 2.24) is 0 Å². The zero-order valence-corrected chi connectivity index (χ0v) is 12.7. The van der Waals surface area contributed by atoms with Crippen LogP contribution in [0.3, 0.4) is 0 Å². The van der Waals surface area contributed by atoms with Gasteiger partial charge in [-0.05, 0) is 43.4 Å². The number of carbonyl (C=O) groups excluding carboxylic acids is 2. The summed E-state index contributed by atoms with van der Waals surface area (Å²) >= 11 is 6.02. The van der Waals surface area contributed by atoms with Gasteiger partial charge in [0, 0.05) is 0 Å². The third kappa shape index (κ3) is 4.90. The molecule has 1 aromatic carbocycles. The van der Waals surface area contributed by atoms with Gasteiger partial charge in [-0.2, -0.15) is 0 Å². The molecule has 0 heterocycles. The summed E-state index contributed by atoms with van der Waals surface area (Å²) in [6.07, 6.45) is 6.39. The van der Waals surface area contributed by atoms with Gasteiger partial charge in [0.2, 0.25) is 0 Å². The van der Waals surface area contributed by atoms with Crippen molar-refractivity contribution in [1.29, 1.82) is 0 Å². The van der Waals surface area contributed by atoms with Gasteiger partial charge < -0.3 is 10.1 Å². The Kier molecular flexibility index (Phi) is 5.39. The van der Waals surface area contributed by atoms with Gasteiger partial charge in [-0.3, -0.25) is 9.59 Å². The Labute approximate surface area is 129 Å². The molecule has 4 nitrogen and oxygen atoms in total. The van der Waals surface area contributed by atoms with Crippen LogP contribution in [0.25, 0.3) is 0 Å². The molecule has 112 valence electrons. The molecule has 2 rings (SSSR count). The maximum atomic E-state index is 11.7. The van der Waals surface area contributed by atoms with Gasteiger partial charge in [0.1, 0.15) is 0 Å². The van der Waals surface area contributed by atoms with Crippen molar-refractivity contribution in [3.8, 4) is 0 Å². The van der Waals surface area contributed by atoms with E-state index >= 15 is 0 Å². The number of nitrogens with one attached hydrogen (secondary N) is 1. The number of carbonyl (C=O) groups is 2. The van der Waals surface area contributed by atoms with E-state index in [9.17, 15) is 9.59 Å². The normalized spacial score (nSPS) is 16.8. The molecule has 21 heavy (non-hydrogen) atoms. The number of halogens is 1. The summed E-state index contributed by atoms with van der Waals surface area (Å²) in [5.41, 5.74) is 1.52. The molecule has 0 saturated heterocycles. The number of esters is 1. The van der Waals surface area contributed by atoms with Gasteiger partial charge in [-0.1, -0.05) is 29.8 Å². The number of hydrogen-bond donors (Lipinski definition) is 1. The first-order valence-corrected chi connectivity index (χ1v) is 7.30. The quantitative estimate of drug-likeness (QED) is 0.669. The number of ether oxygens (including phenoxy) is 1. The van der Waals surface area contributed by atoms with Crippen molar-refractivity contribution in [2.45, 2.75) is 26.2 Å². The molecule has 5 heteroatoms. The van der Waals surface area contributed by atoms with Crippen LogP contribution in [0.2, 0.25) is 5.02 Å². The van der Waals surface area contributed by atoms with Gasteiger partial charge in [0.05, 0.1) is 17.1 Å². The van der Waals surface area contributed by atoms with Gasteiger partial charge in [-0.15, -0.1) is 0 Å². The molecule has 0 bridgehead atoms. The van der Waals surface area contributed by atoms with E-state index in [-0.39, 0.29) is 18.5 Å². The fourth-order valence-electron chi connectivity index (χ4n) is 2.19. The third-order valence-electron chi connectivity index (χ3n) is 3.30. The molecular weight excluding hydrogens is 290 g/mol. The Bertz CT molecular complexity index is 569. The minimum Gasteiger partial charge on any atom is -0.456 e. The summed E-state index contributed by atoms with van der Waals surface area (Å²) in [5.74, 6) is -0.500. The van der Waals surface area contributed by atoms with Crippen LogP contribution < -0.4 is 5.32 Å². The SMILES string of the molecule is Cc1ccc(NC(=O)COC(=O)C[C@@H]2C=CCC2)c(Cl)c1. The van der Waals surface area contributed by atoms with E-state index in [0.29, 0.717) is 17.1 Å². The van der Waals surface area contributed by atoms with E-state index in [0.717, 1.165) is 18.4 Å². The van der Waals surface area contributed by atoms with Crippen LogP contribution in [0.1, 0.15) is 24.8 Å². The van der Waals surface area contributed by atoms with E-state index in [1.54, 1.807) is 12.1 Å². The number of aryl methyl sites for hydroxylation is 1. The molecule has 0 spiro atoms. The maximum absolute atomic E-state index is 11.7. The smallest absolute Gasteiger partial charge is 0.306 e. The Morgan fingerprint density at radius 3 is 2.90 bits per heavy atom. The van der Waals surface area contributed by atoms with Crippen LogP contribution in [-0.2, 0) is 14.3 Å². The Morgan fingerprint density at radius 2 is 2.24 bits per heavy atom. The fourth-order valence-corrected chi connectivity index (χ4v) is 2.47. The van der Waals surface area contributed by atoms with Crippen molar-refractivity contribution in [2.24, 2.45) is 5.92 Å². The predicted molar refractivity (Wildman–Crippen MR) is 82.3 cm³/mol. The average molecular weight is 308 g/mol. The summed E-state index contributed by atoms with van der Waals surface area (Å²) in [7, 11) is 0. The van der Waals surface area contributed by atoms with Crippen molar-refractivity contribution in [3.05, 3.63) is 40.9 Å². The first kappa shape index (κ1) is 15.6.